The van der Waals surface area contributed by atoms with Gasteiger partial charge in [0.2, 0.25) is 5.91 Å². The summed E-state index contributed by atoms with van der Waals surface area (Å²) in [5.74, 6) is -1.17. The first kappa shape index (κ1) is 18.5. The van der Waals surface area contributed by atoms with Gasteiger partial charge in [0.05, 0.1) is 5.92 Å². The van der Waals surface area contributed by atoms with Crippen LogP contribution in [0.15, 0.2) is 30.3 Å². The molecule has 5 nitrogen and oxygen atoms in total. The van der Waals surface area contributed by atoms with Crippen LogP contribution in [-0.2, 0) is 16.1 Å². The summed E-state index contributed by atoms with van der Waals surface area (Å²) in [7, 11) is 0. The van der Waals surface area contributed by atoms with Crippen molar-refractivity contribution in [2.45, 2.75) is 51.6 Å². The number of amides is 1. The minimum atomic E-state index is -0.936. The van der Waals surface area contributed by atoms with E-state index in [9.17, 15) is 14.7 Å². The molecule has 1 heterocycles. The first-order valence-corrected chi connectivity index (χ1v) is 8.89. The largest absolute Gasteiger partial charge is 0.480 e. The van der Waals surface area contributed by atoms with E-state index in [2.05, 4.69) is 22.3 Å². The summed E-state index contributed by atoms with van der Waals surface area (Å²) < 4.78 is 0. The fourth-order valence-corrected chi connectivity index (χ4v) is 3.21. The molecule has 0 radical (unpaired) electrons. The summed E-state index contributed by atoms with van der Waals surface area (Å²) in [5, 5.41) is 12.0. The Labute approximate surface area is 144 Å². The number of nitrogens with one attached hydrogen (secondary N) is 1. The minimum Gasteiger partial charge on any atom is -0.480 e. The molecule has 1 fully saturated rings. The normalized spacial score (nSPS) is 19.6. The van der Waals surface area contributed by atoms with Crippen LogP contribution < -0.4 is 5.32 Å². The van der Waals surface area contributed by atoms with Crippen LogP contribution in [0.1, 0.15) is 44.6 Å². The first-order chi connectivity index (χ1) is 11.6. The molecule has 5 heteroatoms. The summed E-state index contributed by atoms with van der Waals surface area (Å²) in [6.07, 6.45) is 4.03. The number of carboxylic acid groups (broad SMARTS) is 1. The van der Waals surface area contributed by atoms with E-state index in [-0.39, 0.29) is 11.8 Å². The molecule has 2 rings (SSSR count). The second kappa shape index (κ2) is 9.42. The molecule has 1 aromatic rings. The SMILES string of the molecule is CCCC[C@H](NC(=O)C1CCCN(Cc2ccccc2)C1)C(=O)O. The first-order valence-electron chi connectivity index (χ1n) is 8.89. The Balaban J connectivity index is 1.88. The monoisotopic (exact) mass is 332 g/mol. The van der Waals surface area contributed by atoms with Gasteiger partial charge in [-0.05, 0) is 31.4 Å². The van der Waals surface area contributed by atoms with E-state index < -0.39 is 12.0 Å². The average molecular weight is 332 g/mol. The van der Waals surface area contributed by atoms with Crippen molar-refractivity contribution in [1.29, 1.82) is 0 Å². The van der Waals surface area contributed by atoms with Crippen LogP contribution in [0, 0.1) is 5.92 Å². The highest BCUT2D eigenvalue weighted by Gasteiger charge is 2.28. The number of likely N-dealkylation sites (tertiary alicyclic amines) is 1. The van der Waals surface area contributed by atoms with Gasteiger partial charge in [0.1, 0.15) is 6.04 Å². The summed E-state index contributed by atoms with van der Waals surface area (Å²) in [6, 6.07) is 9.47. The Morgan fingerprint density at radius 2 is 2.08 bits per heavy atom. The fraction of sp³-hybridized carbons (Fsp3) is 0.579. The summed E-state index contributed by atoms with van der Waals surface area (Å²) in [6.45, 7) is 4.53. The van der Waals surface area contributed by atoms with Gasteiger partial charge in [-0.1, -0.05) is 50.1 Å². The standard InChI is InChI=1S/C19H28N2O3/c1-2-3-11-17(19(23)24)20-18(22)16-10-7-12-21(14-16)13-15-8-5-4-6-9-15/h4-6,8-9,16-17H,2-3,7,10-14H2,1H3,(H,20,22)(H,23,24)/t16?,17-/m0/s1. The van der Waals surface area contributed by atoms with Crippen LogP contribution in [0.5, 0.6) is 0 Å². The summed E-state index contributed by atoms with van der Waals surface area (Å²) in [5.41, 5.74) is 1.24. The molecule has 2 atom stereocenters. The molecule has 0 aliphatic carbocycles. The second-order valence-corrected chi connectivity index (χ2v) is 6.60. The van der Waals surface area contributed by atoms with Gasteiger partial charge >= 0.3 is 5.97 Å². The molecule has 2 N–H and O–H groups in total. The smallest absolute Gasteiger partial charge is 0.326 e. The molecule has 0 bridgehead atoms. The van der Waals surface area contributed by atoms with Crippen LogP contribution in [0.25, 0.3) is 0 Å². The number of rotatable bonds is 8. The van der Waals surface area contributed by atoms with E-state index in [1.165, 1.54) is 5.56 Å². The number of hydrogen-bond donors (Lipinski definition) is 2. The molecule has 1 amide bonds. The lowest BCUT2D eigenvalue weighted by Gasteiger charge is -2.32. The number of carbonyl (C=O) groups excluding carboxylic acids is 1. The second-order valence-electron chi connectivity index (χ2n) is 6.60. The molecule has 1 aliphatic rings. The summed E-state index contributed by atoms with van der Waals surface area (Å²) >= 11 is 0. The van der Waals surface area contributed by atoms with E-state index in [1.807, 2.05) is 25.1 Å². The van der Waals surface area contributed by atoms with Crippen molar-refractivity contribution in [2.75, 3.05) is 13.1 Å². The number of benzene rings is 1. The third kappa shape index (κ3) is 5.64. The van der Waals surface area contributed by atoms with Gasteiger partial charge in [-0.15, -0.1) is 0 Å². The van der Waals surface area contributed by atoms with Crippen molar-refractivity contribution in [1.82, 2.24) is 10.2 Å². The van der Waals surface area contributed by atoms with Crippen LogP contribution in [-0.4, -0.2) is 41.0 Å². The molecule has 24 heavy (non-hydrogen) atoms. The van der Waals surface area contributed by atoms with E-state index in [0.717, 1.165) is 38.8 Å². The lowest BCUT2D eigenvalue weighted by atomic mass is 9.96. The third-order valence-corrected chi connectivity index (χ3v) is 4.59. The van der Waals surface area contributed by atoms with Crippen molar-refractivity contribution < 1.29 is 14.7 Å². The lowest BCUT2D eigenvalue weighted by Crippen LogP contribution is -2.48. The van der Waals surface area contributed by atoms with Crippen LogP contribution in [0.4, 0.5) is 0 Å². The van der Waals surface area contributed by atoms with Gasteiger partial charge in [0.25, 0.3) is 0 Å². The third-order valence-electron chi connectivity index (χ3n) is 4.59. The molecular weight excluding hydrogens is 304 g/mol. The Hall–Kier alpha value is -1.88. The highest BCUT2D eigenvalue weighted by molar-refractivity contribution is 5.85. The molecule has 0 spiro atoms. The maximum absolute atomic E-state index is 12.5. The predicted molar refractivity (Wildman–Crippen MR) is 93.5 cm³/mol. The van der Waals surface area contributed by atoms with Crippen molar-refractivity contribution in [2.24, 2.45) is 5.92 Å². The topological polar surface area (TPSA) is 69.6 Å². The van der Waals surface area contributed by atoms with Gasteiger partial charge in [0, 0.05) is 13.1 Å². The van der Waals surface area contributed by atoms with E-state index in [4.69, 9.17) is 0 Å². The zero-order valence-electron chi connectivity index (χ0n) is 14.4. The van der Waals surface area contributed by atoms with Crippen molar-refractivity contribution in [3.05, 3.63) is 35.9 Å². The number of carbonyl (C=O) groups is 2. The Kier molecular flexibility index (Phi) is 7.25. The molecule has 132 valence electrons. The van der Waals surface area contributed by atoms with Crippen molar-refractivity contribution >= 4 is 11.9 Å². The van der Waals surface area contributed by atoms with Gasteiger partial charge in [-0.3, -0.25) is 9.69 Å². The lowest BCUT2D eigenvalue weighted by molar-refractivity contribution is -0.143. The molecular formula is C19H28N2O3. The molecule has 1 unspecified atom stereocenters. The van der Waals surface area contributed by atoms with Gasteiger partial charge in [0.15, 0.2) is 0 Å². The molecule has 1 aromatic carbocycles. The van der Waals surface area contributed by atoms with Crippen LogP contribution >= 0.6 is 0 Å². The number of carboxylic acids is 1. The van der Waals surface area contributed by atoms with Crippen LogP contribution in [0.2, 0.25) is 0 Å². The average Bonchev–Trinajstić information content (AvgIpc) is 2.59. The molecule has 0 saturated carbocycles. The molecule has 1 aliphatic heterocycles. The zero-order chi connectivity index (χ0) is 17.4. The maximum atomic E-state index is 12.5. The van der Waals surface area contributed by atoms with Gasteiger partial charge in [-0.25, -0.2) is 4.79 Å². The fourth-order valence-electron chi connectivity index (χ4n) is 3.21. The Morgan fingerprint density at radius 3 is 2.75 bits per heavy atom. The number of nitrogens with zero attached hydrogens (tertiary/aromatic N) is 1. The minimum absolute atomic E-state index is 0.115. The predicted octanol–water partition coefficient (Wildman–Crippen LogP) is 2.66. The number of piperidine rings is 1. The van der Waals surface area contributed by atoms with Crippen molar-refractivity contribution in [3.63, 3.8) is 0 Å². The molecule has 1 saturated heterocycles. The number of aliphatic carboxylic acids is 1. The van der Waals surface area contributed by atoms with E-state index in [1.54, 1.807) is 0 Å². The highest BCUT2D eigenvalue weighted by Crippen LogP contribution is 2.19. The Bertz CT molecular complexity index is 533. The quantitative estimate of drug-likeness (QED) is 0.768. The van der Waals surface area contributed by atoms with Crippen molar-refractivity contribution in [3.8, 4) is 0 Å². The maximum Gasteiger partial charge on any atom is 0.326 e. The van der Waals surface area contributed by atoms with E-state index in [0.29, 0.717) is 13.0 Å². The van der Waals surface area contributed by atoms with Gasteiger partial charge in [-0.2, -0.15) is 0 Å². The molecule has 0 aromatic heterocycles. The number of unbranched alkanes of at least 4 members (excludes halogenated alkanes) is 1. The summed E-state index contributed by atoms with van der Waals surface area (Å²) in [4.78, 5) is 26.1. The van der Waals surface area contributed by atoms with Crippen LogP contribution in [0.3, 0.4) is 0 Å². The van der Waals surface area contributed by atoms with Gasteiger partial charge < -0.3 is 10.4 Å². The highest BCUT2D eigenvalue weighted by atomic mass is 16.4. The number of hydrogen-bond acceptors (Lipinski definition) is 3. The Morgan fingerprint density at radius 1 is 1.33 bits per heavy atom. The zero-order valence-corrected chi connectivity index (χ0v) is 14.4. The van der Waals surface area contributed by atoms with E-state index >= 15 is 0 Å².